The summed E-state index contributed by atoms with van der Waals surface area (Å²) < 4.78 is 16.3. The number of rotatable bonds is 5. The van der Waals surface area contributed by atoms with E-state index in [4.69, 9.17) is 14.2 Å². The molecule has 0 bridgehead atoms. The molecule has 3 rings (SSSR count). The summed E-state index contributed by atoms with van der Waals surface area (Å²) in [6.45, 7) is 3.20. The Kier molecular flexibility index (Phi) is 4.15. The van der Waals surface area contributed by atoms with Crippen molar-refractivity contribution in [2.45, 2.75) is 19.5 Å². The highest BCUT2D eigenvalue weighted by atomic mass is 16.7. The van der Waals surface area contributed by atoms with Crippen LogP contribution >= 0.6 is 0 Å². The van der Waals surface area contributed by atoms with Crippen LogP contribution in [0.5, 0.6) is 17.2 Å². The summed E-state index contributed by atoms with van der Waals surface area (Å²) in [5.41, 5.74) is 2.31. The fourth-order valence-electron chi connectivity index (χ4n) is 2.58. The topological polar surface area (TPSA) is 43.8 Å². The van der Waals surface area contributed by atoms with Crippen molar-refractivity contribution in [1.29, 1.82) is 0 Å². The molecule has 1 aliphatic rings. The molecular weight excluding hydrogens is 280 g/mol. The van der Waals surface area contributed by atoms with E-state index in [1.54, 1.807) is 7.11 Å². The van der Waals surface area contributed by atoms with Gasteiger partial charge >= 0.3 is 0 Å². The van der Waals surface area contributed by atoms with Crippen molar-refractivity contribution in [1.82, 2.24) is 9.88 Å². The number of methoxy groups -OCH3 is 1. The van der Waals surface area contributed by atoms with Crippen molar-refractivity contribution in [3.8, 4) is 17.2 Å². The van der Waals surface area contributed by atoms with E-state index < -0.39 is 0 Å². The fraction of sp³-hybridized carbons (Fsp3) is 0.353. The second-order valence-electron chi connectivity index (χ2n) is 5.39. The highest BCUT2D eigenvalue weighted by Gasteiger charge is 2.20. The van der Waals surface area contributed by atoms with E-state index in [0.717, 1.165) is 29.4 Å². The normalized spacial score (nSPS) is 14.2. The minimum Gasteiger partial charge on any atom is -0.496 e. The molecular formula is C17H20N2O3. The van der Waals surface area contributed by atoms with Gasteiger partial charge in [0, 0.05) is 36.6 Å². The van der Waals surface area contributed by atoms with E-state index in [-0.39, 0.29) is 12.8 Å². The van der Waals surface area contributed by atoms with Crippen LogP contribution in [0.2, 0.25) is 0 Å². The van der Waals surface area contributed by atoms with Crippen molar-refractivity contribution in [2.24, 2.45) is 0 Å². The number of fused-ring (bicyclic) bond motifs is 1. The van der Waals surface area contributed by atoms with Gasteiger partial charge in [-0.3, -0.25) is 9.88 Å². The number of benzene rings is 1. The molecule has 1 aliphatic heterocycles. The average Bonchev–Trinajstić information content (AvgIpc) is 3.01. The molecule has 5 nitrogen and oxygen atoms in total. The van der Waals surface area contributed by atoms with Gasteiger partial charge in [0.05, 0.1) is 7.11 Å². The average molecular weight is 300 g/mol. The second-order valence-corrected chi connectivity index (χ2v) is 5.39. The zero-order valence-electron chi connectivity index (χ0n) is 13.1. The quantitative estimate of drug-likeness (QED) is 0.849. The maximum atomic E-state index is 5.48. The molecule has 0 amide bonds. The molecule has 22 heavy (non-hydrogen) atoms. The summed E-state index contributed by atoms with van der Waals surface area (Å²) in [4.78, 5) is 6.33. The van der Waals surface area contributed by atoms with Crippen LogP contribution < -0.4 is 14.2 Å². The smallest absolute Gasteiger partial charge is 0.231 e. The van der Waals surface area contributed by atoms with Crippen LogP contribution in [0.1, 0.15) is 24.1 Å². The van der Waals surface area contributed by atoms with E-state index in [2.05, 4.69) is 23.9 Å². The molecule has 1 aromatic heterocycles. The van der Waals surface area contributed by atoms with Crippen molar-refractivity contribution >= 4 is 0 Å². The summed E-state index contributed by atoms with van der Waals surface area (Å²) in [6, 6.07) is 8.24. The van der Waals surface area contributed by atoms with Crippen LogP contribution in [0.4, 0.5) is 0 Å². The Morgan fingerprint density at radius 3 is 2.59 bits per heavy atom. The second kappa shape index (κ2) is 6.23. The Morgan fingerprint density at radius 2 is 1.91 bits per heavy atom. The molecule has 0 saturated heterocycles. The first kappa shape index (κ1) is 14.7. The molecule has 2 aromatic rings. The molecule has 5 heteroatoms. The lowest BCUT2D eigenvalue weighted by Gasteiger charge is -2.25. The minimum atomic E-state index is 0.269. The van der Waals surface area contributed by atoms with Gasteiger partial charge < -0.3 is 14.2 Å². The van der Waals surface area contributed by atoms with Crippen molar-refractivity contribution in [2.75, 3.05) is 21.0 Å². The number of hydrogen-bond acceptors (Lipinski definition) is 5. The number of aromatic nitrogens is 1. The van der Waals surface area contributed by atoms with Gasteiger partial charge in [0.2, 0.25) is 6.79 Å². The molecule has 1 atom stereocenters. The zero-order chi connectivity index (χ0) is 15.5. The molecule has 0 fully saturated rings. The first-order chi connectivity index (χ1) is 10.7. The number of nitrogens with zero attached hydrogens (tertiary/aromatic N) is 2. The summed E-state index contributed by atoms with van der Waals surface area (Å²) in [6.07, 6.45) is 3.64. The van der Waals surface area contributed by atoms with Gasteiger partial charge in [-0.1, -0.05) is 0 Å². The first-order valence-electron chi connectivity index (χ1n) is 7.25. The Morgan fingerprint density at radius 1 is 1.23 bits per heavy atom. The fourth-order valence-corrected chi connectivity index (χ4v) is 2.58. The molecule has 0 N–H and O–H groups in total. The summed E-state index contributed by atoms with van der Waals surface area (Å²) in [5.74, 6) is 2.34. The SMILES string of the molecule is COc1cc2c(cc1CN(C)[C@@H](C)c1ccncc1)OCO2. The largest absolute Gasteiger partial charge is 0.496 e. The Balaban J connectivity index is 1.80. The lowest BCUT2D eigenvalue weighted by Crippen LogP contribution is -2.22. The van der Waals surface area contributed by atoms with Crippen LogP contribution in [-0.4, -0.2) is 30.8 Å². The predicted molar refractivity (Wildman–Crippen MR) is 83.2 cm³/mol. The highest BCUT2D eigenvalue weighted by Crippen LogP contribution is 2.38. The number of hydrogen-bond donors (Lipinski definition) is 0. The van der Waals surface area contributed by atoms with Gasteiger partial charge in [-0.05, 0) is 37.7 Å². The maximum absolute atomic E-state index is 5.48. The Bertz CT molecular complexity index is 646. The van der Waals surface area contributed by atoms with Gasteiger partial charge in [0.1, 0.15) is 5.75 Å². The molecule has 116 valence electrons. The van der Waals surface area contributed by atoms with Gasteiger partial charge in [0.15, 0.2) is 11.5 Å². The van der Waals surface area contributed by atoms with E-state index in [1.807, 2.05) is 36.7 Å². The van der Waals surface area contributed by atoms with Gasteiger partial charge in [-0.2, -0.15) is 0 Å². The van der Waals surface area contributed by atoms with Crippen LogP contribution in [-0.2, 0) is 6.54 Å². The monoisotopic (exact) mass is 300 g/mol. The highest BCUT2D eigenvalue weighted by molar-refractivity contribution is 5.51. The molecule has 0 unspecified atom stereocenters. The molecule has 2 heterocycles. The standard InChI is InChI=1S/C17H20N2O3/c1-12(13-4-6-18-7-5-13)19(2)10-14-8-16-17(22-11-21-16)9-15(14)20-3/h4-9,12H,10-11H2,1-3H3/t12-/m0/s1. The third-order valence-electron chi connectivity index (χ3n) is 4.05. The van der Waals surface area contributed by atoms with E-state index in [9.17, 15) is 0 Å². The lowest BCUT2D eigenvalue weighted by molar-refractivity contribution is 0.173. The summed E-state index contributed by atoms with van der Waals surface area (Å²) in [7, 11) is 3.77. The van der Waals surface area contributed by atoms with Crippen LogP contribution in [0.3, 0.4) is 0 Å². The number of pyridine rings is 1. The minimum absolute atomic E-state index is 0.269. The first-order valence-corrected chi connectivity index (χ1v) is 7.25. The van der Waals surface area contributed by atoms with Gasteiger partial charge in [-0.15, -0.1) is 0 Å². The molecule has 0 spiro atoms. The van der Waals surface area contributed by atoms with E-state index >= 15 is 0 Å². The third kappa shape index (κ3) is 2.85. The lowest BCUT2D eigenvalue weighted by atomic mass is 10.1. The summed E-state index contributed by atoms with van der Waals surface area (Å²) >= 11 is 0. The van der Waals surface area contributed by atoms with Crippen molar-refractivity contribution in [3.05, 3.63) is 47.8 Å². The Labute approximate surface area is 130 Å². The third-order valence-corrected chi connectivity index (χ3v) is 4.05. The van der Waals surface area contributed by atoms with Crippen LogP contribution in [0.25, 0.3) is 0 Å². The van der Waals surface area contributed by atoms with E-state index in [1.165, 1.54) is 5.56 Å². The van der Waals surface area contributed by atoms with Crippen LogP contribution in [0.15, 0.2) is 36.7 Å². The van der Waals surface area contributed by atoms with Gasteiger partial charge in [0.25, 0.3) is 0 Å². The molecule has 0 radical (unpaired) electrons. The molecule has 0 saturated carbocycles. The molecule has 1 aromatic carbocycles. The predicted octanol–water partition coefficient (Wildman–Crippen LogP) is 3.01. The van der Waals surface area contributed by atoms with Crippen LogP contribution in [0, 0.1) is 0 Å². The van der Waals surface area contributed by atoms with Crippen molar-refractivity contribution < 1.29 is 14.2 Å². The molecule has 0 aliphatic carbocycles. The maximum Gasteiger partial charge on any atom is 0.231 e. The van der Waals surface area contributed by atoms with E-state index in [0.29, 0.717) is 0 Å². The van der Waals surface area contributed by atoms with Gasteiger partial charge in [-0.25, -0.2) is 0 Å². The summed E-state index contributed by atoms with van der Waals surface area (Å²) in [5, 5.41) is 0. The van der Waals surface area contributed by atoms with Crippen molar-refractivity contribution in [3.63, 3.8) is 0 Å². The number of ether oxygens (including phenoxy) is 3. The Hall–Kier alpha value is -2.27. The zero-order valence-corrected chi connectivity index (χ0v) is 13.1.